The molecule has 3 amide bonds. The number of fused-ring (bicyclic) bond motifs is 3. The van der Waals surface area contributed by atoms with Crippen molar-refractivity contribution >= 4 is 23.9 Å². The van der Waals surface area contributed by atoms with Gasteiger partial charge in [-0.2, -0.15) is 0 Å². The number of hydrogen-bond acceptors (Lipinski definition) is 5. The van der Waals surface area contributed by atoms with Crippen LogP contribution in [0.3, 0.4) is 0 Å². The number of nitrogens with zero attached hydrogens (tertiary/aromatic N) is 1. The highest BCUT2D eigenvalue weighted by Crippen LogP contribution is 2.56. The summed E-state index contributed by atoms with van der Waals surface area (Å²) in [7, 11) is 0. The lowest BCUT2D eigenvalue weighted by Crippen LogP contribution is -2.43. The molecule has 2 aliphatic carbocycles. The summed E-state index contributed by atoms with van der Waals surface area (Å²) in [5, 5.41) is 14.3. The van der Waals surface area contributed by atoms with Gasteiger partial charge in [0, 0.05) is 24.4 Å². The van der Waals surface area contributed by atoms with E-state index in [1.54, 1.807) is 0 Å². The Hall–Kier alpha value is -3.88. The summed E-state index contributed by atoms with van der Waals surface area (Å²) in [6.07, 6.45) is 0.904. The first-order chi connectivity index (χ1) is 16.9. The van der Waals surface area contributed by atoms with Crippen LogP contribution < -0.4 is 10.6 Å². The van der Waals surface area contributed by atoms with Crippen LogP contribution in [0.1, 0.15) is 29.9 Å². The molecule has 2 fully saturated rings. The van der Waals surface area contributed by atoms with Crippen molar-refractivity contribution in [3.05, 3.63) is 59.7 Å². The van der Waals surface area contributed by atoms with Crippen LogP contribution in [0.25, 0.3) is 11.1 Å². The van der Waals surface area contributed by atoms with Crippen LogP contribution >= 0.6 is 0 Å². The third-order valence-electron chi connectivity index (χ3n) is 7.36. The van der Waals surface area contributed by atoms with Crippen LogP contribution in [0, 0.1) is 11.3 Å². The van der Waals surface area contributed by atoms with Crippen LogP contribution in [-0.4, -0.2) is 66.7 Å². The third-order valence-corrected chi connectivity index (χ3v) is 7.36. The number of benzene rings is 2. The molecule has 1 atom stereocenters. The summed E-state index contributed by atoms with van der Waals surface area (Å²) < 4.78 is 5.40. The molecule has 2 aromatic carbocycles. The van der Waals surface area contributed by atoms with E-state index in [1.165, 1.54) is 4.90 Å². The van der Waals surface area contributed by atoms with E-state index in [0.717, 1.165) is 35.1 Å². The summed E-state index contributed by atoms with van der Waals surface area (Å²) in [5.74, 6) is -2.35. The predicted octanol–water partition coefficient (Wildman–Crippen LogP) is 1.96. The number of likely N-dealkylation sites (tertiary alicyclic amines) is 1. The molecule has 9 nitrogen and oxygen atoms in total. The molecule has 0 radical (unpaired) electrons. The second kappa shape index (κ2) is 9.05. The van der Waals surface area contributed by atoms with Crippen LogP contribution in [0.5, 0.6) is 0 Å². The number of carbonyl (C=O) groups is 4. The fraction of sp³-hybridized carbons (Fsp3) is 0.385. The first kappa shape index (κ1) is 22.9. The number of aliphatic carboxylic acids is 1. The van der Waals surface area contributed by atoms with E-state index in [2.05, 4.69) is 10.6 Å². The maximum Gasteiger partial charge on any atom is 0.407 e. The fourth-order valence-electron chi connectivity index (χ4n) is 5.32. The smallest absolute Gasteiger partial charge is 0.407 e. The highest BCUT2D eigenvalue weighted by atomic mass is 16.5. The summed E-state index contributed by atoms with van der Waals surface area (Å²) in [5.41, 5.74) is 4.15. The molecular weight excluding hydrogens is 450 g/mol. The van der Waals surface area contributed by atoms with Gasteiger partial charge in [-0.25, -0.2) is 4.79 Å². The Morgan fingerprint density at radius 2 is 1.57 bits per heavy atom. The Kier molecular flexibility index (Phi) is 5.92. The molecule has 1 spiro atoms. The molecule has 182 valence electrons. The quantitative estimate of drug-likeness (QED) is 0.560. The molecule has 35 heavy (non-hydrogen) atoms. The Bertz CT molecular complexity index is 1150. The zero-order chi connectivity index (χ0) is 24.6. The van der Waals surface area contributed by atoms with Crippen LogP contribution in [0.4, 0.5) is 4.79 Å². The minimum Gasteiger partial charge on any atom is -0.481 e. The van der Waals surface area contributed by atoms with E-state index >= 15 is 0 Å². The number of hydrogen-bond donors (Lipinski definition) is 3. The molecule has 1 saturated heterocycles. The summed E-state index contributed by atoms with van der Waals surface area (Å²) in [6.45, 7) is 0.152. The Balaban J connectivity index is 1.06. The third kappa shape index (κ3) is 4.45. The van der Waals surface area contributed by atoms with Crippen molar-refractivity contribution < 1.29 is 29.0 Å². The van der Waals surface area contributed by atoms with Gasteiger partial charge in [0.1, 0.15) is 13.2 Å². The molecule has 1 heterocycles. The van der Waals surface area contributed by atoms with Crippen molar-refractivity contribution in [1.29, 1.82) is 0 Å². The molecule has 1 aliphatic heterocycles. The lowest BCUT2D eigenvalue weighted by atomic mass is 9.93. The van der Waals surface area contributed by atoms with E-state index in [0.29, 0.717) is 6.54 Å². The molecule has 1 saturated carbocycles. The lowest BCUT2D eigenvalue weighted by Gasteiger charge is -2.17. The summed E-state index contributed by atoms with van der Waals surface area (Å²) >= 11 is 0. The lowest BCUT2D eigenvalue weighted by molar-refractivity contribution is -0.143. The minimum absolute atomic E-state index is 0.0792. The molecule has 3 aliphatic rings. The number of amides is 3. The molecule has 1 unspecified atom stereocenters. The number of nitrogens with one attached hydrogen (secondary N) is 2. The minimum atomic E-state index is -0.880. The van der Waals surface area contributed by atoms with Gasteiger partial charge >= 0.3 is 12.1 Å². The molecule has 5 rings (SSSR count). The fourth-order valence-corrected chi connectivity index (χ4v) is 5.32. The van der Waals surface area contributed by atoms with Crippen molar-refractivity contribution in [2.45, 2.75) is 18.8 Å². The van der Waals surface area contributed by atoms with Gasteiger partial charge in [-0.15, -0.1) is 0 Å². The van der Waals surface area contributed by atoms with E-state index in [-0.39, 0.29) is 43.5 Å². The molecular formula is C26H27N3O6. The van der Waals surface area contributed by atoms with Gasteiger partial charge in [-0.3, -0.25) is 14.4 Å². The van der Waals surface area contributed by atoms with Gasteiger partial charge < -0.3 is 25.4 Å². The number of ether oxygens (including phenoxy) is 1. The maximum atomic E-state index is 12.4. The normalized spacial score (nSPS) is 19.1. The topological polar surface area (TPSA) is 125 Å². The van der Waals surface area contributed by atoms with E-state index < -0.39 is 23.9 Å². The summed E-state index contributed by atoms with van der Waals surface area (Å²) in [6, 6.07) is 16.0. The van der Waals surface area contributed by atoms with E-state index in [9.17, 15) is 24.3 Å². The highest BCUT2D eigenvalue weighted by molar-refractivity contribution is 5.88. The molecule has 0 aromatic heterocycles. The predicted molar refractivity (Wildman–Crippen MR) is 125 cm³/mol. The first-order valence-corrected chi connectivity index (χ1v) is 11.7. The van der Waals surface area contributed by atoms with E-state index in [1.807, 2.05) is 48.5 Å². The molecule has 9 heteroatoms. The van der Waals surface area contributed by atoms with Crippen LogP contribution in [0.2, 0.25) is 0 Å². The molecule has 3 N–H and O–H groups in total. The average molecular weight is 478 g/mol. The van der Waals surface area contributed by atoms with Gasteiger partial charge in [0.05, 0.1) is 12.5 Å². The monoisotopic (exact) mass is 477 g/mol. The number of alkyl carbamates (subject to hydrolysis) is 1. The Morgan fingerprint density at radius 1 is 0.943 bits per heavy atom. The number of rotatable bonds is 7. The Morgan fingerprint density at radius 3 is 2.14 bits per heavy atom. The number of carboxylic acids is 1. The van der Waals surface area contributed by atoms with Crippen molar-refractivity contribution in [2.75, 3.05) is 32.8 Å². The van der Waals surface area contributed by atoms with Gasteiger partial charge in [-0.1, -0.05) is 48.5 Å². The van der Waals surface area contributed by atoms with Gasteiger partial charge in [-0.05, 0) is 35.1 Å². The standard InChI is InChI=1S/C26H27N3O6/c30-22(27-12-23(31)29-13-21(24(32)33)26(15-29)9-10-26)11-28-25(34)35-14-20-18-7-3-1-5-16(18)17-6-2-4-8-19(17)20/h1-8,20-21H,9-15H2,(H,27,30)(H,28,34)(H,32,33). The number of carbonyl (C=O) groups excluding carboxylic acids is 3. The van der Waals surface area contributed by atoms with E-state index in [4.69, 9.17) is 4.74 Å². The maximum absolute atomic E-state index is 12.4. The van der Waals surface area contributed by atoms with Crippen molar-refractivity contribution in [3.8, 4) is 11.1 Å². The van der Waals surface area contributed by atoms with Gasteiger partial charge in [0.15, 0.2) is 0 Å². The van der Waals surface area contributed by atoms with Crippen molar-refractivity contribution in [3.63, 3.8) is 0 Å². The SMILES string of the molecule is O=C(CNC(=O)OCC1c2ccccc2-c2ccccc21)NCC(=O)N1CC(C(=O)O)C2(CC2)C1. The van der Waals surface area contributed by atoms with Crippen molar-refractivity contribution in [1.82, 2.24) is 15.5 Å². The van der Waals surface area contributed by atoms with Crippen molar-refractivity contribution in [2.24, 2.45) is 11.3 Å². The van der Waals surface area contributed by atoms with Crippen LogP contribution in [0.15, 0.2) is 48.5 Å². The second-order valence-electron chi connectivity index (χ2n) is 9.48. The van der Waals surface area contributed by atoms with Gasteiger partial charge in [0.25, 0.3) is 0 Å². The van der Waals surface area contributed by atoms with Crippen LogP contribution in [-0.2, 0) is 19.1 Å². The first-order valence-electron chi connectivity index (χ1n) is 11.7. The zero-order valence-corrected chi connectivity index (χ0v) is 19.2. The highest BCUT2D eigenvalue weighted by Gasteiger charge is 2.58. The Labute approximate surface area is 202 Å². The van der Waals surface area contributed by atoms with Gasteiger partial charge in [0.2, 0.25) is 11.8 Å². The zero-order valence-electron chi connectivity index (χ0n) is 19.2. The largest absolute Gasteiger partial charge is 0.481 e. The average Bonchev–Trinajstić information content (AvgIpc) is 3.41. The second-order valence-corrected chi connectivity index (χ2v) is 9.48. The molecule has 2 aromatic rings. The molecule has 0 bridgehead atoms. The summed E-state index contributed by atoms with van der Waals surface area (Å²) in [4.78, 5) is 49.7. The number of carboxylic acid groups (broad SMARTS) is 1.